The number of hydrogen-bond acceptors (Lipinski definition) is 10. The first kappa shape index (κ1) is 31.6. The fourth-order valence-electron chi connectivity index (χ4n) is 3.77. The second-order valence-corrected chi connectivity index (χ2v) is 8.97. The summed E-state index contributed by atoms with van der Waals surface area (Å²) in [6.07, 6.45) is 1.18. The monoisotopic (exact) mass is 545 g/mol. The van der Waals surface area contributed by atoms with Crippen LogP contribution in [0.15, 0.2) is 42.6 Å². The van der Waals surface area contributed by atoms with Crippen LogP contribution in [-0.2, 0) is 23.8 Å². The number of benzene rings is 1. The molecule has 2 rings (SSSR count). The molecule has 2 aromatic rings. The Balaban J connectivity index is 2.13. The molecule has 1 aromatic carbocycles. The Morgan fingerprint density at radius 2 is 1.74 bits per heavy atom. The number of carbonyl (C=O) groups excluding carboxylic acids is 3. The summed E-state index contributed by atoms with van der Waals surface area (Å²) in [5.74, 6) is -1.46. The molecule has 0 saturated carbocycles. The molecule has 0 unspecified atom stereocenters. The fraction of sp³-hybridized carbons (Fsp3) is 0.517. The Morgan fingerprint density at radius 3 is 2.36 bits per heavy atom. The van der Waals surface area contributed by atoms with Crippen LogP contribution in [0, 0.1) is 5.92 Å². The summed E-state index contributed by atoms with van der Waals surface area (Å²) in [6.45, 7) is 8.72. The first-order valence-corrected chi connectivity index (χ1v) is 13.1. The van der Waals surface area contributed by atoms with Gasteiger partial charge in [-0.3, -0.25) is 14.4 Å². The zero-order valence-electron chi connectivity index (χ0n) is 23.5. The maximum Gasteiger partial charge on any atom is 0.309 e. The van der Waals surface area contributed by atoms with E-state index in [2.05, 4.69) is 4.98 Å². The maximum absolute atomic E-state index is 13.1. The number of ether oxygens (including phenoxy) is 6. The normalized spacial score (nSPS) is 13.9. The number of Topliss-reactive ketones (excluding diaryl/α,β-unsaturated/α-hetero) is 1. The average Bonchev–Trinajstić information content (AvgIpc) is 2.92. The van der Waals surface area contributed by atoms with Gasteiger partial charge in [0.1, 0.15) is 11.9 Å². The molecule has 0 N–H and O–H groups in total. The summed E-state index contributed by atoms with van der Waals surface area (Å²) in [7, 11) is 1.41. The number of methoxy groups -OCH3 is 1. The van der Waals surface area contributed by atoms with Gasteiger partial charge in [-0.1, -0.05) is 39.0 Å². The van der Waals surface area contributed by atoms with Gasteiger partial charge in [0.15, 0.2) is 29.1 Å². The van der Waals surface area contributed by atoms with Crippen molar-refractivity contribution in [1.82, 2.24) is 4.98 Å². The molecule has 0 saturated heterocycles. The molecular weight excluding hydrogens is 506 g/mol. The van der Waals surface area contributed by atoms with E-state index >= 15 is 0 Å². The average molecular weight is 546 g/mol. The quantitative estimate of drug-likeness (QED) is 0.156. The highest BCUT2D eigenvalue weighted by molar-refractivity contribution is 5.99. The van der Waals surface area contributed by atoms with Gasteiger partial charge in [0.25, 0.3) is 0 Å². The maximum atomic E-state index is 13.1. The van der Waals surface area contributed by atoms with Crippen molar-refractivity contribution in [2.24, 2.45) is 5.92 Å². The fourth-order valence-corrected chi connectivity index (χ4v) is 3.77. The lowest BCUT2D eigenvalue weighted by Gasteiger charge is -2.32. The van der Waals surface area contributed by atoms with Crippen LogP contribution in [0.1, 0.15) is 64.4 Å². The Kier molecular flexibility index (Phi) is 13.2. The molecule has 1 aromatic heterocycles. The lowest BCUT2D eigenvalue weighted by Crippen LogP contribution is -2.44. The third kappa shape index (κ3) is 9.86. The van der Waals surface area contributed by atoms with E-state index < -0.39 is 42.6 Å². The van der Waals surface area contributed by atoms with Crippen LogP contribution in [0.25, 0.3) is 0 Å². The van der Waals surface area contributed by atoms with E-state index in [1.54, 1.807) is 13.8 Å². The molecule has 39 heavy (non-hydrogen) atoms. The van der Waals surface area contributed by atoms with Gasteiger partial charge in [0.2, 0.25) is 6.79 Å². The molecule has 214 valence electrons. The van der Waals surface area contributed by atoms with Gasteiger partial charge in [-0.05, 0) is 31.9 Å². The third-order valence-electron chi connectivity index (χ3n) is 5.80. The largest absolute Gasteiger partial charge is 0.493 e. The van der Waals surface area contributed by atoms with Crippen LogP contribution < -0.4 is 14.2 Å². The summed E-state index contributed by atoms with van der Waals surface area (Å²) >= 11 is 0. The van der Waals surface area contributed by atoms with Crippen molar-refractivity contribution in [2.75, 3.05) is 20.5 Å². The van der Waals surface area contributed by atoms with E-state index in [4.69, 9.17) is 28.4 Å². The number of hydrogen-bond donors (Lipinski definition) is 0. The first-order valence-electron chi connectivity index (χ1n) is 13.1. The van der Waals surface area contributed by atoms with Gasteiger partial charge in [-0.25, -0.2) is 4.98 Å². The van der Waals surface area contributed by atoms with E-state index in [0.717, 1.165) is 6.42 Å². The number of carbonyl (C=O) groups is 3. The van der Waals surface area contributed by atoms with Gasteiger partial charge < -0.3 is 28.4 Å². The lowest BCUT2D eigenvalue weighted by molar-refractivity contribution is -0.162. The van der Waals surface area contributed by atoms with Crippen LogP contribution in [0.2, 0.25) is 0 Å². The molecular formula is C29H39NO9. The van der Waals surface area contributed by atoms with Gasteiger partial charge >= 0.3 is 11.9 Å². The predicted molar refractivity (Wildman–Crippen MR) is 143 cm³/mol. The topological polar surface area (TPSA) is 119 Å². The molecule has 0 fully saturated rings. The van der Waals surface area contributed by atoms with Crippen LogP contribution in [0.5, 0.6) is 17.2 Å². The SMILES string of the molecule is CCCO[C@@H](CC)[C@@H](Oc1ccccc1)[C@H](C)OC(=O)[C@@H](C)CC(=O)c1nccc(OC)c1OCOC(C)=O. The van der Waals surface area contributed by atoms with E-state index in [1.807, 2.05) is 44.2 Å². The minimum absolute atomic E-state index is 0.0235. The van der Waals surface area contributed by atoms with Crippen LogP contribution in [0.4, 0.5) is 0 Å². The van der Waals surface area contributed by atoms with E-state index in [0.29, 0.717) is 18.8 Å². The Hall–Kier alpha value is -3.66. The minimum atomic E-state index is -0.789. The number of pyridine rings is 1. The molecule has 0 spiro atoms. The van der Waals surface area contributed by atoms with Crippen molar-refractivity contribution in [2.45, 2.75) is 72.2 Å². The van der Waals surface area contributed by atoms with Gasteiger partial charge in [0, 0.05) is 32.2 Å². The van der Waals surface area contributed by atoms with Crippen molar-refractivity contribution >= 4 is 17.7 Å². The van der Waals surface area contributed by atoms with Gasteiger partial charge in [0.05, 0.1) is 19.1 Å². The number of ketones is 1. The number of rotatable bonds is 17. The molecule has 10 nitrogen and oxygen atoms in total. The second kappa shape index (κ2) is 16.3. The number of esters is 2. The highest BCUT2D eigenvalue weighted by Crippen LogP contribution is 2.31. The summed E-state index contributed by atoms with van der Waals surface area (Å²) in [6, 6.07) is 10.8. The highest BCUT2D eigenvalue weighted by Gasteiger charge is 2.33. The first-order chi connectivity index (χ1) is 18.7. The molecule has 0 aliphatic carbocycles. The Bertz CT molecular complexity index is 1060. The van der Waals surface area contributed by atoms with Crippen LogP contribution >= 0.6 is 0 Å². The number of para-hydroxylation sites is 1. The van der Waals surface area contributed by atoms with Gasteiger partial charge in [-0.2, -0.15) is 0 Å². The predicted octanol–water partition coefficient (Wildman–Crippen LogP) is 4.78. The molecule has 4 atom stereocenters. The smallest absolute Gasteiger partial charge is 0.309 e. The lowest BCUT2D eigenvalue weighted by atomic mass is 10.0. The molecule has 0 aliphatic rings. The molecule has 0 bridgehead atoms. The van der Waals surface area contributed by atoms with E-state index in [-0.39, 0.29) is 29.7 Å². The summed E-state index contributed by atoms with van der Waals surface area (Å²) < 4.78 is 33.5. The summed E-state index contributed by atoms with van der Waals surface area (Å²) in [5, 5.41) is 0. The standard InChI is InChI=1S/C29H39NO9/c1-7-16-35-24(8-2)27(39-22-12-10-9-11-13-22)20(4)38-29(33)19(3)17-23(32)26-28(37-18-36-21(5)31)25(34-6)14-15-30-26/h9-15,19-20,24,27H,7-8,16-18H2,1-6H3/t19-,20-,24-,27-/m0/s1. The van der Waals surface area contributed by atoms with Crippen LogP contribution in [0.3, 0.4) is 0 Å². The van der Waals surface area contributed by atoms with Crippen LogP contribution in [-0.4, -0.2) is 61.5 Å². The second-order valence-electron chi connectivity index (χ2n) is 8.97. The van der Waals surface area contributed by atoms with Crippen molar-refractivity contribution in [1.29, 1.82) is 0 Å². The minimum Gasteiger partial charge on any atom is -0.493 e. The van der Waals surface area contributed by atoms with Crippen molar-refractivity contribution < 1.29 is 42.8 Å². The van der Waals surface area contributed by atoms with E-state index in [9.17, 15) is 14.4 Å². The van der Waals surface area contributed by atoms with Crippen molar-refractivity contribution in [3.63, 3.8) is 0 Å². The van der Waals surface area contributed by atoms with Gasteiger partial charge in [-0.15, -0.1) is 0 Å². The van der Waals surface area contributed by atoms with Crippen molar-refractivity contribution in [3.8, 4) is 17.2 Å². The van der Waals surface area contributed by atoms with Crippen molar-refractivity contribution in [3.05, 3.63) is 48.3 Å². The number of aromatic nitrogens is 1. The summed E-state index contributed by atoms with van der Waals surface area (Å²) in [4.78, 5) is 41.4. The summed E-state index contributed by atoms with van der Waals surface area (Å²) in [5.41, 5.74) is -0.0431. The third-order valence-corrected chi connectivity index (χ3v) is 5.80. The zero-order valence-corrected chi connectivity index (χ0v) is 23.5. The molecule has 1 heterocycles. The Labute approximate surface area is 229 Å². The molecule has 0 radical (unpaired) electrons. The number of nitrogens with zero attached hydrogens (tertiary/aromatic N) is 1. The molecule has 10 heteroatoms. The van der Waals surface area contributed by atoms with E-state index in [1.165, 1.54) is 26.3 Å². The molecule has 0 amide bonds. The Morgan fingerprint density at radius 1 is 1.03 bits per heavy atom. The highest BCUT2D eigenvalue weighted by atomic mass is 16.7. The zero-order chi connectivity index (χ0) is 28.8. The molecule has 0 aliphatic heterocycles.